The second-order valence-corrected chi connectivity index (χ2v) is 4.58. The van der Waals surface area contributed by atoms with Gasteiger partial charge >= 0.3 is 6.03 Å². The van der Waals surface area contributed by atoms with Gasteiger partial charge in [-0.15, -0.1) is 0 Å². The van der Waals surface area contributed by atoms with Crippen LogP contribution in [0.5, 0.6) is 5.75 Å². The number of hydrogen-bond acceptors (Lipinski definition) is 5. The number of benzene rings is 1. The minimum absolute atomic E-state index is 0.0210. The number of amides is 4. The van der Waals surface area contributed by atoms with Gasteiger partial charge in [-0.1, -0.05) is 0 Å². The van der Waals surface area contributed by atoms with Crippen molar-refractivity contribution in [2.75, 3.05) is 39.6 Å². The zero-order valence-electron chi connectivity index (χ0n) is 12.8. The molecule has 1 aromatic carbocycles. The van der Waals surface area contributed by atoms with E-state index in [1.165, 1.54) is 11.9 Å². The molecule has 4 amide bonds. The van der Waals surface area contributed by atoms with Gasteiger partial charge in [-0.05, 0) is 31.3 Å². The van der Waals surface area contributed by atoms with Crippen molar-refractivity contribution in [1.29, 1.82) is 0 Å². The molecular weight excluding hydrogens is 288 g/mol. The summed E-state index contributed by atoms with van der Waals surface area (Å²) in [6.07, 6.45) is 0. The standard InChI is InChI=1S/C14H20N4O4/c1-15-14(21)17-13(20)9-18(2)8-12(19)16-10-4-6-11(22-3)7-5-10/h4-7H,8-9H2,1-3H3,(H,16,19)(H2,15,17,20,21). The highest BCUT2D eigenvalue weighted by molar-refractivity contribution is 5.96. The van der Waals surface area contributed by atoms with Crippen LogP contribution in [0, 0.1) is 0 Å². The molecule has 8 heteroatoms. The van der Waals surface area contributed by atoms with Crippen LogP contribution in [0.25, 0.3) is 0 Å². The van der Waals surface area contributed by atoms with E-state index in [0.717, 1.165) is 0 Å². The molecule has 0 aliphatic carbocycles. The van der Waals surface area contributed by atoms with Crippen molar-refractivity contribution in [3.05, 3.63) is 24.3 Å². The molecule has 0 heterocycles. The summed E-state index contributed by atoms with van der Waals surface area (Å²) >= 11 is 0. The number of urea groups is 1. The van der Waals surface area contributed by atoms with E-state index < -0.39 is 11.9 Å². The van der Waals surface area contributed by atoms with Gasteiger partial charge < -0.3 is 15.4 Å². The average Bonchev–Trinajstić information content (AvgIpc) is 2.47. The molecule has 0 radical (unpaired) electrons. The quantitative estimate of drug-likeness (QED) is 0.688. The zero-order valence-corrected chi connectivity index (χ0v) is 12.8. The molecule has 0 atom stereocenters. The first kappa shape index (κ1) is 17.4. The molecule has 120 valence electrons. The summed E-state index contributed by atoms with van der Waals surface area (Å²) in [6.45, 7) is -0.0450. The molecule has 0 bridgehead atoms. The molecule has 3 N–H and O–H groups in total. The molecule has 8 nitrogen and oxygen atoms in total. The Labute approximate surface area is 128 Å². The number of imide groups is 1. The number of nitrogens with zero attached hydrogens (tertiary/aromatic N) is 1. The van der Waals surface area contributed by atoms with E-state index in [-0.39, 0.29) is 19.0 Å². The molecule has 1 rings (SSSR count). The van der Waals surface area contributed by atoms with E-state index in [0.29, 0.717) is 11.4 Å². The van der Waals surface area contributed by atoms with E-state index in [9.17, 15) is 14.4 Å². The van der Waals surface area contributed by atoms with Crippen LogP contribution in [0.4, 0.5) is 10.5 Å². The van der Waals surface area contributed by atoms with Gasteiger partial charge in [0.25, 0.3) is 0 Å². The Balaban J connectivity index is 2.40. The molecule has 0 aromatic heterocycles. The van der Waals surface area contributed by atoms with Crippen LogP contribution in [0.3, 0.4) is 0 Å². The van der Waals surface area contributed by atoms with Crippen molar-refractivity contribution in [1.82, 2.24) is 15.5 Å². The van der Waals surface area contributed by atoms with Gasteiger partial charge in [-0.3, -0.25) is 19.8 Å². The van der Waals surface area contributed by atoms with Crippen LogP contribution in [-0.2, 0) is 9.59 Å². The summed E-state index contributed by atoms with van der Waals surface area (Å²) in [5.41, 5.74) is 0.633. The van der Waals surface area contributed by atoms with Crippen LogP contribution < -0.4 is 20.7 Å². The van der Waals surface area contributed by atoms with Crippen molar-refractivity contribution >= 4 is 23.5 Å². The summed E-state index contributed by atoms with van der Waals surface area (Å²) in [5, 5.41) is 7.10. The highest BCUT2D eigenvalue weighted by Gasteiger charge is 2.12. The van der Waals surface area contributed by atoms with Crippen molar-refractivity contribution < 1.29 is 19.1 Å². The van der Waals surface area contributed by atoms with Crippen LogP contribution in [-0.4, -0.2) is 57.0 Å². The van der Waals surface area contributed by atoms with Crippen LogP contribution in [0.15, 0.2) is 24.3 Å². The molecule has 0 saturated heterocycles. The monoisotopic (exact) mass is 308 g/mol. The number of anilines is 1. The fourth-order valence-electron chi connectivity index (χ4n) is 1.65. The molecule has 0 unspecified atom stereocenters. The largest absolute Gasteiger partial charge is 0.497 e. The van der Waals surface area contributed by atoms with Gasteiger partial charge in [0.15, 0.2) is 0 Å². The first-order valence-electron chi connectivity index (χ1n) is 6.58. The molecule has 1 aromatic rings. The summed E-state index contributed by atoms with van der Waals surface area (Å²) in [4.78, 5) is 35.8. The summed E-state index contributed by atoms with van der Waals surface area (Å²) < 4.78 is 5.03. The molecule has 0 spiro atoms. The lowest BCUT2D eigenvalue weighted by Gasteiger charge is -2.15. The van der Waals surface area contributed by atoms with Crippen molar-refractivity contribution in [2.24, 2.45) is 0 Å². The summed E-state index contributed by atoms with van der Waals surface area (Å²) in [6, 6.07) is 6.32. The highest BCUT2D eigenvalue weighted by atomic mass is 16.5. The minimum Gasteiger partial charge on any atom is -0.497 e. The number of methoxy groups -OCH3 is 1. The third-order valence-corrected chi connectivity index (χ3v) is 2.68. The topological polar surface area (TPSA) is 99.8 Å². The van der Waals surface area contributed by atoms with Crippen molar-refractivity contribution in [3.63, 3.8) is 0 Å². The first-order chi connectivity index (χ1) is 10.4. The number of rotatable bonds is 6. The SMILES string of the molecule is CNC(=O)NC(=O)CN(C)CC(=O)Nc1ccc(OC)cc1. The maximum Gasteiger partial charge on any atom is 0.321 e. The first-order valence-corrected chi connectivity index (χ1v) is 6.58. The molecular formula is C14H20N4O4. The number of nitrogens with one attached hydrogen (secondary N) is 3. The Bertz CT molecular complexity index is 530. The van der Waals surface area contributed by atoms with Gasteiger partial charge in [0.2, 0.25) is 11.8 Å². The van der Waals surface area contributed by atoms with Gasteiger partial charge in [0, 0.05) is 12.7 Å². The van der Waals surface area contributed by atoms with Crippen LogP contribution >= 0.6 is 0 Å². The fraction of sp³-hybridized carbons (Fsp3) is 0.357. The Morgan fingerprint density at radius 3 is 2.23 bits per heavy atom. The lowest BCUT2D eigenvalue weighted by Crippen LogP contribution is -2.44. The molecule has 0 aliphatic heterocycles. The Hall–Kier alpha value is -2.61. The molecule has 0 saturated carbocycles. The van der Waals surface area contributed by atoms with Gasteiger partial charge in [0.05, 0.1) is 20.2 Å². The number of hydrogen-bond donors (Lipinski definition) is 3. The van der Waals surface area contributed by atoms with E-state index in [2.05, 4.69) is 16.0 Å². The number of likely N-dealkylation sites (N-methyl/N-ethyl adjacent to an activating group) is 1. The average molecular weight is 308 g/mol. The Kier molecular flexibility index (Phi) is 6.84. The van der Waals surface area contributed by atoms with Gasteiger partial charge in [-0.2, -0.15) is 0 Å². The third-order valence-electron chi connectivity index (χ3n) is 2.68. The van der Waals surface area contributed by atoms with E-state index in [1.54, 1.807) is 38.4 Å². The zero-order chi connectivity index (χ0) is 16.5. The van der Waals surface area contributed by atoms with Gasteiger partial charge in [-0.25, -0.2) is 4.79 Å². The summed E-state index contributed by atoms with van der Waals surface area (Å²) in [5.74, 6) is -0.0551. The predicted molar refractivity (Wildman–Crippen MR) is 81.7 cm³/mol. The second kappa shape index (κ2) is 8.63. The molecule has 0 aliphatic rings. The maximum absolute atomic E-state index is 11.8. The number of carbonyl (C=O) groups excluding carboxylic acids is 3. The third kappa shape index (κ3) is 6.23. The Morgan fingerprint density at radius 2 is 1.68 bits per heavy atom. The molecule has 0 fully saturated rings. The second-order valence-electron chi connectivity index (χ2n) is 4.58. The molecule has 22 heavy (non-hydrogen) atoms. The normalized spacial score (nSPS) is 10.0. The van der Waals surface area contributed by atoms with Crippen LogP contribution in [0.2, 0.25) is 0 Å². The van der Waals surface area contributed by atoms with E-state index >= 15 is 0 Å². The number of carbonyl (C=O) groups is 3. The van der Waals surface area contributed by atoms with Crippen LogP contribution in [0.1, 0.15) is 0 Å². The van der Waals surface area contributed by atoms with Crippen molar-refractivity contribution in [3.8, 4) is 5.75 Å². The lowest BCUT2D eigenvalue weighted by atomic mass is 10.3. The maximum atomic E-state index is 11.8. The summed E-state index contributed by atoms with van der Waals surface area (Å²) in [7, 11) is 4.58. The van der Waals surface area contributed by atoms with E-state index in [1.807, 2.05) is 0 Å². The number of ether oxygens (including phenoxy) is 1. The Morgan fingerprint density at radius 1 is 1.09 bits per heavy atom. The lowest BCUT2D eigenvalue weighted by molar-refractivity contribution is -0.122. The van der Waals surface area contributed by atoms with Crippen molar-refractivity contribution in [2.45, 2.75) is 0 Å². The van der Waals surface area contributed by atoms with Gasteiger partial charge in [0.1, 0.15) is 5.75 Å². The fourth-order valence-corrected chi connectivity index (χ4v) is 1.65. The van der Waals surface area contributed by atoms with E-state index in [4.69, 9.17) is 4.74 Å². The predicted octanol–water partition coefficient (Wildman–Crippen LogP) is 0.0211. The highest BCUT2D eigenvalue weighted by Crippen LogP contribution is 2.14. The smallest absolute Gasteiger partial charge is 0.321 e. The minimum atomic E-state index is -0.582.